The molecule has 6 heteroatoms. The smallest absolute Gasteiger partial charge is 0.261 e. The van der Waals surface area contributed by atoms with E-state index in [-0.39, 0.29) is 36.4 Å². The fourth-order valence-corrected chi connectivity index (χ4v) is 3.95. The fraction of sp³-hybridized carbons (Fsp3) is 0.348. The number of fused-ring (bicyclic) bond motifs is 1. The van der Waals surface area contributed by atoms with Gasteiger partial charge in [-0.2, -0.15) is 0 Å². The van der Waals surface area contributed by atoms with Gasteiger partial charge in [-0.3, -0.25) is 19.3 Å². The molecular weight excluding hydrogens is 368 g/mol. The highest BCUT2D eigenvalue weighted by Gasteiger charge is 2.35. The third-order valence-electron chi connectivity index (χ3n) is 5.58. The molecule has 0 bridgehead atoms. The van der Waals surface area contributed by atoms with E-state index in [0.717, 1.165) is 5.56 Å². The van der Waals surface area contributed by atoms with Crippen LogP contribution >= 0.6 is 0 Å². The lowest BCUT2D eigenvalue weighted by molar-refractivity contribution is -0.144. The number of benzene rings is 2. The Morgan fingerprint density at radius 3 is 2.28 bits per heavy atom. The maximum atomic E-state index is 12.8. The van der Waals surface area contributed by atoms with E-state index in [0.29, 0.717) is 37.1 Å². The molecule has 0 aromatic heterocycles. The normalized spacial score (nSPS) is 21.4. The van der Waals surface area contributed by atoms with E-state index < -0.39 is 0 Å². The van der Waals surface area contributed by atoms with Gasteiger partial charge in [0.05, 0.1) is 30.3 Å². The summed E-state index contributed by atoms with van der Waals surface area (Å²) in [6.45, 7) is 3.23. The second-order valence-corrected chi connectivity index (χ2v) is 7.54. The van der Waals surface area contributed by atoms with Crippen molar-refractivity contribution in [3.63, 3.8) is 0 Å². The first-order valence-corrected chi connectivity index (χ1v) is 9.97. The van der Waals surface area contributed by atoms with Crippen molar-refractivity contribution in [1.29, 1.82) is 0 Å². The number of rotatable bonds is 5. The molecule has 6 nitrogen and oxygen atoms in total. The summed E-state index contributed by atoms with van der Waals surface area (Å²) < 4.78 is 5.91. The SMILES string of the molecule is CC1COC(c2ccccc2)CN1C(=O)CCCN1C(=O)c2ccccc2C1=O. The second-order valence-electron chi connectivity index (χ2n) is 7.54. The number of hydrogen-bond donors (Lipinski definition) is 0. The molecule has 2 aliphatic rings. The number of nitrogens with zero attached hydrogens (tertiary/aromatic N) is 2. The molecule has 0 saturated carbocycles. The maximum Gasteiger partial charge on any atom is 0.261 e. The van der Waals surface area contributed by atoms with Crippen molar-refractivity contribution < 1.29 is 19.1 Å². The number of hydrogen-bond acceptors (Lipinski definition) is 4. The summed E-state index contributed by atoms with van der Waals surface area (Å²) in [7, 11) is 0. The summed E-state index contributed by atoms with van der Waals surface area (Å²) in [5.41, 5.74) is 1.94. The lowest BCUT2D eigenvalue weighted by Gasteiger charge is -2.38. The Bertz CT molecular complexity index is 892. The molecule has 1 saturated heterocycles. The Morgan fingerprint density at radius 2 is 1.62 bits per heavy atom. The molecule has 0 spiro atoms. The van der Waals surface area contributed by atoms with Crippen molar-refractivity contribution in [2.45, 2.75) is 31.9 Å². The Hall–Kier alpha value is -2.99. The zero-order chi connectivity index (χ0) is 20.4. The maximum absolute atomic E-state index is 12.8. The number of ether oxygens (including phenoxy) is 1. The van der Waals surface area contributed by atoms with Gasteiger partial charge in [0.25, 0.3) is 11.8 Å². The highest BCUT2D eigenvalue weighted by molar-refractivity contribution is 6.21. The first-order chi connectivity index (χ1) is 14.1. The molecule has 2 aromatic rings. The minimum atomic E-state index is -0.276. The quantitative estimate of drug-likeness (QED) is 0.734. The van der Waals surface area contributed by atoms with Crippen LogP contribution < -0.4 is 0 Å². The van der Waals surface area contributed by atoms with E-state index in [2.05, 4.69) is 0 Å². The van der Waals surface area contributed by atoms with Crippen molar-refractivity contribution in [1.82, 2.24) is 9.80 Å². The summed E-state index contributed by atoms with van der Waals surface area (Å²) in [5.74, 6) is -0.526. The molecule has 2 aromatic carbocycles. The lowest BCUT2D eigenvalue weighted by atomic mass is 10.1. The van der Waals surface area contributed by atoms with Gasteiger partial charge < -0.3 is 9.64 Å². The molecule has 1 fully saturated rings. The van der Waals surface area contributed by atoms with Crippen molar-refractivity contribution in [3.8, 4) is 0 Å². The van der Waals surface area contributed by atoms with Gasteiger partial charge in [0.15, 0.2) is 0 Å². The number of imide groups is 1. The first kappa shape index (κ1) is 19.3. The molecule has 0 N–H and O–H groups in total. The predicted octanol–water partition coefficient (Wildman–Crippen LogP) is 3.05. The topological polar surface area (TPSA) is 66.9 Å². The average Bonchev–Trinajstić information content (AvgIpc) is 2.99. The van der Waals surface area contributed by atoms with Crippen LogP contribution in [-0.2, 0) is 9.53 Å². The highest BCUT2D eigenvalue weighted by Crippen LogP contribution is 2.26. The number of carbonyl (C=O) groups is 3. The molecule has 29 heavy (non-hydrogen) atoms. The highest BCUT2D eigenvalue weighted by atomic mass is 16.5. The standard InChI is InChI=1S/C23H24N2O4/c1-16-15-29-20(17-8-3-2-4-9-17)14-25(16)21(26)12-7-13-24-22(27)18-10-5-6-11-19(18)23(24)28/h2-6,8-11,16,20H,7,12-15H2,1H3. The van der Waals surface area contributed by atoms with Crippen LogP contribution in [0.5, 0.6) is 0 Å². The molecule has 2 unspecified atom stereocenters. The molecular formula is C23H24N2O4. The molecule has 150 valence electrons. The van der Waals surface area contributed by atoms with Gasteiger partial charge in [-0.15, -0.1) is 0 Å². The van der Waals surface area contributed by atoms with Gasteiger partial charge in [0, 0.05) is 13.0 Å². The van der Waals surface area contributed by atoms with Gasteiger partial charge in [0.1, 0.15) is 6.10 Å². The number of amides is 3. The van der Waals surface area contributed by atoms with E-state index in [4.69, 9.17) is 4.74 Å². The monoisotopic (exact) mass is 392 g/mol. The molecule has 4 rings (SSSR count). The Morgan fingerprint density at radius 1 is 1.00 bits per heavy atom. The van der Waals surface area contributed by atoms with Crippen LogP contribution in [0.25, 0.3) is 0 Å². The van der Waals surface area contributed by atoms with Gasteiger partial charge in [-0.1, -0.05) is 42.5 Å². The Labute approximate surface area is 170 Å². The average molecular weight is 392 g/mol. The lowest BCUT2D eigenvalue weighted by Crippen LogP contribution is -2.48. The van der Waals surface area contributed by atoms with Crippen LogP contribution in [0.1, 0.15) is 52.1 Å². The van der Waals surface area contributed by atoms with E-state index in [1.165, 1.54) is 4.90 Å². The predicted molar refractivity (Wildman–Crippen MR) is 107 cm³/mol. The van der Waals surface area contributed by atoms with Crippen LogP contribution in [0.15, 0.2) is 54.6 Å². The van der Waals surface area contributed by atoms with Crippen molar-refractivity contribution >= 4 is 17.7 Å². The molecule has 0 aliphatic carbocycles. The van der Waals surface area contributed by atoms with Gasteiger partial charge in [-0.05, 0) is 31.0 Å². The van der Waals surface area contributed by atoms with E-state index in [1.807, 2.05) is 42.2 Å². The van der Waals surface area contributed by atoms with Crippen LogP contribution in [0, 0.1) is 0 Å². The minimum absolute atomic E-state index is 0.00164. The van der Waals surface area contributed by atoms with Crippen LogP contribution in [-0.4, -0.2) is 53.3 Å². The molecule has 2 atom stereocenters. The van der Waals surface area contributed by atoms with Crippen molar-refractivity contribution in [2.24, 2.45) is 0 Å². The fourth-order valence-electron chi connectivity index (χ4n) is 3.95. The summed E-state index contributed by atoms with van der Waals surface area (Å²) >= 11 is 0. The first-order valence-electron chi connectivity index (χ1n) is 9.97. The molecule has 2 aliphatic heterocycles. The van der Waals surface area contributed by atoms with Crippen LogP contribution in [0.2, 0.25) is 0 Å². The number of morpholine rings is 1. The minimum Gasteiger partial charge on any atom is -0.370 e. The zero-order valence-electron chi connectivity index (χ0n) is 16.4. The molecule has 3 amide bonds. The molecule has 0 radical (unpaired) electrons. The van der Waals surface area contributed by atoms with Crippen molar-refractivity contribution in [3.05, 3.63) is 71.3 Å². The molecule has 2 heterocycles. The summed E-state index contributed by atoms with van der Waals surface area (Å²) in [6, 6.07) is 16.7. The largest absolute Gasteiger partial charge is 0.370 e. The van der Waals surface area contributed by atoms with Crippen molar-refractivity contribution in [2.75, 3.05) is 19.7 Å². The second kappa shape index (κ2) is 8.17. The summed E-state index contributed by atoms with van der Waals surface area (Å²) in [6.07, 6.45) is 0.608. The third kappa shape index (κ3) is 3.80. The van der Waals surface area contributed by atoms with Gasteiger partial charge in [-0.25, -0.2) is 0 Å². The summed E-state index contributed by atoms with van der Waals surface area (Å²) in [5, 5.41) is 0. The van der Waals surface area contributed by atoms with Gasteiger partial charge in [0.2, 0.25) is 5.91 Å². The zero-order valence-corrected chi connectivity index (χ0v) is 16.4. The van der Waals surface area contributed by atoms with E-state index in [9.17, 15) is 14.4 Å². The summed E-state index contributed by atoms with van der Waals surface area (Å²) in [4.78, 5) is 40.8. The third-order valence-corrected chi connectivity index (χ3v) is 5.58. The van der Waals surface area contributed by atoms with E-state index in [1.54, 1.807) is 24.3 Å². The Balaban J connectivity index is 1.34. The van der Waals surface area contributed by atoms with E-state index >= 15 is 0 Å². The Kier molecular flexibility index (Phi) is 5.45. The van der Waals surface area contributed by atoms with Crippen LogP contribution in [0.3, 0.4) is 0 Å². The van der Waals surface area contributed by atoms with Crippen LogP contribution in [0.4, 0.5) is 0 Å². The van der Waals surface area contributed by atoms with Gasteiger partial charge >= 0.3 is 0 Å². The number of carbonyl (C=O) groups excluding carboxylic acids is 3.